The van der Waals surface area contributed by atoms with Crippen molar-refractivity contribution >= 4 is 17.6 Å². The number of carboxylic acid groups (broad SMARTS) is 1. The van der Waals surface area contributed by atoms with Crippen LogP contribution >= 0.6 is 0 Å². The van der Waals surface area contributed by atoms with Crippen molar-refractivity contribution in [1.82, 2.24) is 0 Å². The monoisotopic (exact) mass is 280 g/mol. The molecule has 0 aliphatic carbocycles. The van der Waals surface area contributed by atoms with Crippen LogP contribution in [-0.2, 0) is 20.7 Å². The van der Waals surface area contributed by atoms with E-state index in [4.69, 9.17) is 6.17 Å². The molecule has 1 aromatic carbocycles. The van der Waals surface area contributed by atoms with Crippen molar-refractivity contribution in [2.75, 3.05) is 18.6 Å². The van der Waals surface area contributed by atoms with Crippen molar-refractivity contribution in [3.8, 4) is 0 Å². The Morgan fingerprint density at radius 1 is 1.50 bits per heavy atom. The Morgan fingerprint density at radius 2 is 2.20 bits per heavy atom. The maximum absolute atomic E-state index is 12.3. The van der Waals surface area contributed by atoms with Crippen molar-refractivity contribution < 1.29 is 19.4 Å². The van der Waals surface area contributed by atoms with E-state index in [1.54, 1.807) is 6.92 Å². The van der Waals surface area contributed by atoms with Gasteiger partial charge in [-0.3, -0.25) is 9.69 Å². The predicted octanol–water partition coefficient (Wildman–Crippen LogP) is 2.01. The van der Waals surface area contributed by atoms with Gasteiger partial charge < -0.3 is 9.85 Å². The Morgan fingerprint density at radius 3 is 2.75 bits per heavy atom. The minimum absolute atomic E-state index is 0.272. The summed E-state index contributed by atoms with van der Waals surface area (Å²) in [6.07, 6.45) is 0.719. The minimum atomic E-state index is -1.21. The van der Waals surface area contributed by atoms with Gasteiger partial charge in [0.2, 0.25) is 0 Å². The quantitative estimate of drug-likeness (QED) is 0.838. The van der Waals surface area contributed by atoms with Crippen LogP contribution in [0.15, 0.2) is 18.2 Å². The van der Waals surface area contributed by atoms with Crippen LogP contribution in [0.1, 0.15) is 25.0 Å². The molecule has 1 amide bonds. The topological polar surface area (TPSA) is 66.8 Å². The Hall–Kier alpha value is -1.88. The molecule has 0 bridgehead atoms. The first-order valence-electron chi connectivity index (χ1n) is 6.96. The molecule has 1 aromatic rings. The van der Waals surface area contributed by atoms with Crippen molar-refractivity contribution in [3.63, 3.8) is 0 Å². The highest BCUT2D eigenvalue weighted by atomic mass is 16.5. The van der Waals surface area contributed by atoms with Gasteiger partial charge in [-0.25, -0.2) is 4.79 Å². The maximum Gasteiger partial charge on any atom is 0.394 e. The van der Waals surface area contributed by atoms with Gasteiger partial charge in [-0.1, -0.05) is 25.1 Å². The van der Waals surface area contributed by atoms with Crippen LogP contribution in [-0.4, -0.2) is 36.7 Å². The summed E-state index contributed by atoms with van der Waals surface area (Å²) in [5, 5.41) is 3.84. The number of aryl methyl sites for hydroxylation is 2. The molecule has 0 spiro atoms. The molecule has 5 nitrogen and oxygen atoms in total. The molecule has 0 heterocycles. The molecule has 1 atom stereocenters. The number of benzene rings is 1. The van der Waals surface area contributed by atoms with Gasteiger partial charge in [0.1, 0.15) is 0 Å². The fourth-order valence-corrected chi connectivity index (χ4v) is 2.29. The number of ether oxygens (including phenoxy) is 1. The molecule has 0 saturated carbocycles. The lowest BCUT2D eigenvalue weighted by atomic mass is 10.0. The Bertz CT molecular complexity index is 518. The van der Waals surface area contributed by atoms with E-state index < -0.39 is 11.9 Å². The normalized spacial score (nSPS) is 12.5. The van der Waals surface area contributed by atoms with Crippen LogP contribution in [0.3, 0.4) is 0 Å². The number of para-hydroxylation sites is 1. The molecule has 0 aliphatic heterocycles. The summed E-state index contributed by atoms with van der Waals surface area (Å²) in [4.78, 5) is 25.1. The van der Waals surface area contributed by atoms with Crippen molar-refractivity contribution in [2.24, 2.45) is 0 Å². The second kappa shape index (κ2) is 7.05. The lowest BCUT2D eigenvalue weighted by Crippen LogP contribution is -2.45. The number of amides is 1. The zero-order chi connectivity index (χ0) is 16.0. The second-order valence-electron chi connectivity index (χ2n) is 4.70. The van der Waals surface area contributed by atoms with Crippen LogP contribution < -0.4 is 4.90 Å². The highest BCUT2D eigenvalue weighted by Gasteiger charge is 2.29. The van der Waals surface area contributed by atoms with Crippen molar-refractivity contribution in [3.05, 3.63) is 29.3 Å². The standard InChI is InChI=1S/C15H21NO4/c1-5-12-8-6-7-10(2)13(12)16(11(3)9-20-4)14(17)15(18)19/h6-8,11H,5,9H2,1-4H3,(H,18,19)/i/hD. The number of anilines is 1. The van der Waals surface area contributed by atoms with E-state index in [2.05, 4.69) is 5.11 Å². The van der Waals surface area contributed by atoms with E-state index in [-0.39, 0.29) is 12.6 Å². The number of hydrogen-bond donors (Lipinski definition) is 1. The Labute approximate surface area is 120 Å². The summed E-state index contributed by atoms with van der Waals surface area (Å²) in [7, 11) is 1.53. The Balaban J connectivity index is 3.37. The zero-order valence-corrected chi connectivity index (χ0v) is 12.3. The number of hydrogen-bond acceptors (Lipinski definition) is 4. The molecule has 0 aromatic heterocycles. The van der Waals surface area contributed by atoms with Crippen LogP contribution in [0.2, 0.25) is 0 Å². The number of carbonyl (C=O) groups is 2. The number of carboxylic acids is 1. The number of rotatable bonds is 5. The van der Waals surface area contributed by atoms with Gasteiger partial charge in [0, 0.05) is 7.11 Å². The molecule has 110 valence electrons. The highest BCUT2D eigenvalue weighted by molar-refractivity contribution is 6.37. The summed E-state index contributed by atoms with van der Waals surface area (Å²) in [6.45, 7) is 5.91. The Kier molecular flexibility index (Phi) is 5.12. The third kappa shape index (κ3) is 3.36. The predicted molar refractivity (Wildman–Crippen MR) is 77.0 cm³/mol. The smallest absolute Gasteiger partial charge is 0.394 e. The van der Waals surface area contributed by atoms with Gasteiger partial charge in [-0.15, -0.1) is 0 Å². The molecular formula is C15H21NO4. The number of methoxy groups -OCH3 is 1. The van der Waals surface area contributed by atoms with E-state index >= 15 is 0 Å². The maximum atomic E-state index is 12.3. The molecule has 1 N–H and O–H groups in total. The van der Waals surface area contributed by atoms with Crippen LogP contribution in [0, 0.1) is 6.92 Å². The fourth-order valence-electron chi connectivity index (χ4n) is 2.29. The molecule has 0 aliphatic rings. The summed E-state index contributed by atoms with van der Waals surface area (Å²) in [5.41, 5.74) is 2.51. The first kappa shape index (κ1) is 14.5. The largest absolute Gasteiger partial charge is 0.474 e. The van der Waals surface area contributed by atoms with Crippen LogP contribution in [0.25, 0.3) is 1.43 Å². The van der Waals surface area contributed by atoms with E-state index in [0.717, 1.165) is 17.5 Å². The average Bonchev–Trinajstić information content (AvgIpc) is 2.48. The van der Waals surface area contributed by atoms with E-state index in [1.165, 1.54) is 12.0 Å². The zero-order valence-electron chi connectivity index (χ0n) is 13.3. The van der Waals surface area contributed by atoms with Gasteiger partial charge in [0.15, 0.2) is 0 Å². The average molecular weight is 280 g/mol. The van der Waals surface area contributed by atoms with Gasteiger partial charge in [0.25, 0.3) is 1.43 Å². The minimum Gasteiger partial charge on any atom is -0.474 e. The first-order chi connectivity index (χ1) is 9.97. The van der Waals surface area contributed by atoms with Gasteiger partial charge in [-0.05, 0) is 31.4 Å². The third-order valence-corrected chi connectivity index (χ3v) is 3.19. The van der Waals surface area contributed by atoms with Crippen molar-refractivity contribution in [1.29, 1.82) is 1.43 Å². The van der Waals surface area contributed by atoms with E-state index in [9.17, 15) is 9.59 Å². The summed E-state index contributed by atoms with van der Waals surface area (Å²) in [5.74, 6) is -2.07. The summed E-state index contributed by atoms with van der Waals surface area (Å²) < 4.78 is 11.8. The van der Waals surface area contributed by atoms with E-state index in [1.807, 2.05) is 32.0 Å². The third-order valence-electron chi connectivity index (χ3n) is 3.19. The van der Waals surface area contributed by atoms with Crippen molar-refractivity contribution in [2.45, 2.75) is 33.2 Å². The van der Waals surface area contributed by atoms with Gasteiger partial charge in [-0.2, -0.15) is 0 Å². The highest BCUT2D eigenvalue weighted by Crippen LogP contribution is 2.28. The molecule has 0 radical (unpaired) electrons. The summed E-state index contributed by atoms with van der Waals surface area (Å²) in [6, 6.07) is 5.34. The van der Waals surface area contributed by atoms with E-state index in [0.29, 0.717) is 5.69 Å². The second-order valence-corrected chi connectivity index (χ2v) is 4.70. The summed E-state index contributed by atoms with van der Waals surface area (Å²) >= 11 is 0. The molecule has 1 rings (SSSR count). The molecule has 5 heteroatoms. The number of nitrogens with zero attached hydrogens (tertiary/aromatic N) is 1. The molecule has 20 heavy (non-hydrogen) atoms. The number of carbonyl (C=O) groups excluding carboxylic acids is 1. The molecule has 1 unspecified atom stereocenters. The van der Waals surface area contributed by atoms with Gasteiger partial charge in [0.05, 0.1) is 18.3 Å². The molecule has 0 saturated heterocycles. The molecule has 0 fully saturated rings. The fraction of sp³-hybridized carbons (Fsp3) is 0.467. The van der Waals surface area contributed by atoms with Crippen LogP contribution in [0.5, 0.6) is 0 Å². The number of aliphatic carboxylic acids is 1. The lowest BCUT2D eigenvalue weighted by molar-refractivity contribution is -0.149. The SMILES string of the molecule is [2H]OC(=O)C(=O)N(c1c(C)cccc1CC)C(C)COC. The molecular weight excluding hydrogens is 258 g/mol. The first-order valence-corrected chi connectivity index (χ1v) is 6.55. The van der Waals surface area contributed by atoms with Crippen LogP contribution in [0.4, 0.5) is 5.69 Å². The lowest BCUT2D eigenvalue weighted by Gasteiger charge is -2.30. The van der Waals surface area contributed by atoms with Gasteiger partial charge >= 0.3 is 11.9 Å².